The number of carbonyl (C=O) groups excluding carboxylic acids is 1. The van der Waals surface area contributed by atoms with Gasteiger partial charge in [-0.3, -0.25) is 14.9 Å². The van der Waals surface area contributed by atoms with Crippen molar-refractivity contribution in [3.05, 3.63) is 33.9 Å². The largest absolute Gasteiger partial charge is 0.507 e. The molecular formula is C15H21N3O4. The van der Waals surface area contributed by atoms with E-state index in [1.54, 1.807) is 0 Å². The second-order valence-corrected chi connectivity index (χ2v) is 4.96. The number of hydrogen-bond donors (Lipinski definition) is 2. The fourth-order valence-corrected chi connectivity index (χ4v) is 1.88. The fourth-order valence-electron chi connectivity index (χ4n) is 1.88. The minimum atomic E-state index is -0.564. The van der Waals surface area contributed by atoms with E-state index in [-0.39, 0.29) is 22.9 Å². The van der Waals surface area contributed by atoms with Crippen molar-refractivity contribution in [2.45, 2.75) is 45.4 Å². The number of amides is 1. The number of carbonyl (C=O) groups is 1. The summed E-state index contributed by atoms with van der Waals surface area (Å²) < 4.78 is 0. The molecule has 2 N–H and O–H groups in total. The SMILES string of the molecule is CCCCCCCC(=O)NN=Cc1cc([N+](=O)[O-])ccc1O. The summed E-state index contributed by atoms with van der Waals surface area (Å²) in [4.78, 5) is 21.6. The van der Waals surface area contributed by atoms with Crippen LogP contribution in [0.15, 0.2) is 23.3 Å². The molecule has 0 unspecified atom stereocenters. The lowest BCUT2D eigenvalue weighted by Gasteiger charge is -2.01. The van der Waals surface area contributed by atoms with Gasteiger partial charge in [-0.25, -0.2) is 5.43 Å². The number of nitro groups is 1. The second-order valence-electron chi connectivity index (χ2n) is 4.96. The predicted octanol–water partition coefficient (Wildman–Crippen LogP) is 3.11. The minimum Gasteiger partial charge on any atom is -0.507 e. The molecule has 1 aromatic carbocycles. The number of nitro benzene ring substituents is 1. The first kappa shape index (κ1) is 17.6. The van der Waals surface area contributed by atoms with E-state index in [4.69, 9.17) is 0 Å². The summed E-state index contributed by atoms with van der Waals surface area (Å²) >= 11 is 0. The van der Waals surface area contributed by atoms with Gasteiger partial charge in [0, 0.05) is 24.1 Å². The Morgan fingerprint density at radius 1 is 1.36 bits per heavy atom. The first-order valence-electron chi connectivity index (χ1n) is 7.34. The molecule has 0 saturated carbocycles. The zero-order valence-electron chi connectivity index (χ0n) is 12.6. The van der Waals surface area contributed by atoms with Crippen LogP contribution >= 0.6 is 0 Å². The number of aromatic hydroxyl groups is 1. The molecule has 0 atom stereocenters. The molecule has 0 aliphatic carbocycles. The summed E-state index contributed by atoms with van der Waals surface area (Å²) in [6, 6.07) is 3.60. The third kappa shape index (κ3) is 6.34. The van der Waals surface area contributed by atoms with Gasteiger partial charge in [-0.2, -0.15) is 5.10 Å². The van der Waals surface area contributed by atoms with Gasteiger partial charge in [0.05, 0.1) is 11.1 Å². The van der Waals surface area contributed by atoms with Crippen molar-refractivity contribution >= 4 is 17.8 Å². The van der Waals surface area contributed by atoms with Crippen molar-refractivity contribution in [1.29, 1.82) is 0 Å². The van der Waals surface area contributed by atoms with E-state index in [1.807, 2.05) is 0 Å². The normalized spacial score (nSPS) is 10.8. The summed E-state index contributed by atoms with van der Waals surface area (Å²) in [5, 5.41) is 23.9. The maximum absolute atomic E-state index is 11.5. The van der Waals surface area contributed by atoms with Crippen molar-refractivity contribution in [2.24, 2.45) is 5.10 Å². The number of non-ortho nitro benzene ring substituents is 1. The second kappa shape index (κ2) is 9.49. The maximum atomic E-state index is 11.5. The first-order valence-corrected chi connectivity index (χ1v) is 7.34. The molecule has 0 saturated heterocycles. The minimum absolute atomic E-state index is 0.136. The van der Waals surface area contributed by atoms with Gasteiger partial charge in [0.15, 0.2) is 0 Å². The molecule has 0 heterocycles. The van der Waals surface area contributed by atoms with Crippen LogP contribution in [0.1, 0.15) is 51.0 Å². The maximum Gasteiger partial charge on any atom is 0.270 e. The molecule has 7 heteroatoms. The highest BCUT2D eigenvalue weighted by molar-refractivity contribution is 5.85. The van der Waals surface area contributed by atoms with E-state index < -0.39 is 4.92 Å². The van der Waals surface area contributed by atoms with Gasteiger partial charge < -0.3 is 5.11 Å². The highest BCUT2D eigenvalue weighted by Gasteiger charge is 2.08. The summed E-state index contributed by atoms with van der Waals surface area (Å²) in [7, 11) is 0. The Bertz CT molecular complexity index is 544. The van der Waals surface area contributed by atoms with E-state index in [0.717, 1.165) is 25.7 Å². The van der Waals surface area contributed by atoms with Gasteiger partial charge in [0.1, 0.15) is 5.75 Å². The molecule has 0 aliphatic rings. The van der Waals surface area contributed by atoms with Gasteiger partial charge in [0.2, 0.25) is 5.91 Å². The number of hydrogen-bond acceptors (Lipinski definition) is 5. The number of benzene rings is 1. The predicted molar refractivity (Wildman–Crippen MR) is 83.9 cm³/mol. The summed E-state index contributed by atoms with van der Waals surface area (Å²) in [6.07, 6.45) is 6.85. The van der Waals surface area contributed by atoms with Crippen LogP contribution in [0.5, 0.6) is 5.75 Å². The molecule has 1 rings (SSSR count). The molecule has 0 spiro atoms. The molecule has 1 amide bonds. The quantitative estimate of drug-likeness (QED) is 0.316. The molecule has 1 aromatic rings. The fraction of sp³-hybridized carbons (Fsp3) is 0.467. The Morgan fingerprint density at radius 3 is 2.77 bits per heavy atom. The van der Waals surface area contributed by atoms with E-state index in [9.17, 15) is 20.0 Å². The number of nitrogens with one attached hydrogen (secondary N) is 1. The van der Waals surface area contributed by atoms with Gasteiger partial charge in [0.25, 0.3) is 5.69 Å². The van der Waals surface area contributed by atoms with Crippen LogP contribution in [0, 0.1) is 10.1 Å². The van der Waals surface area contributed by atoms with Gasteiger partial charge in [-0.1, -0.05) is 32.6 Å². The van der Waals surface area contributed by atoms with Crippen LogP contribution in [-0.4, -0.2) is 22.2 Å². The molecule has 0 aromatic heterocycles. The summed E-state index contributed by atoms with van der Waals surface area (Å²) in [5.74, 6) is -0.346. The molecule has 22 heavy (non-hydrogen) atoms. The highest BCUT2D eigenvalue weighted by Crippen LogP contribution is 2.21. The molecule has 120 valence electrons. The first-order chi connectivity index (χ1) is 10.5. The number of rotatable bonds is 9. The number of phenols is 1. The molecule has 7 nitrogen and oxygen atoms in total. The van der Waals surface area contributed by atoms with E-state index in [1.165, 1.54) is 30.8 Å². The van der Waals surface area contributed by atoms with Crippen LogP contribution < -0.4 is 5.43 Å². The van der Waals surface area contributed by atoms with E-state index in [0.29, 0.717) is 6.42 Å². The molecule has 0 fully saturated rings. The van der Waals surface area contributed by atoms with Gasteiger partial charge >= 0.3 is 0 Å². The van der Waals surface area contributed by atoms with Crippen molar-refractivity contribution < 1.29 is 14.8 Å². The van der Waals surface area contributed by atoms with Crippen LogP contribution in [0.3, 0.4) is 0 Å². The number of phenolic OH excluding ortho intramolecular Hbond substituents is 1. The molecule has 0 bridgehead atoms. The Morgan fingerprint density at radius 2 is 2.09 bits per heavy atom. The van der Waals surface area contributed by atoms with Crippen molar-refractivity contribution in [2.75, 3.05) is 0 Å². The van der Waals surface area contributed by atoms with E-state index in [2.05, 4.69) is 17.5 Å². The third-order valence-electron chi connectivity index (χ3n) is 3.12. The van der Waals surface area contributed by atoms with Crippen LogP contribution in [0.4, 0.5) is 5.69 Å². The molecule has 0 aliphatic heterocycles. The van der Waals surface area contributed by atoms with E-state index >= 15 is 0 Å². The Balaban J connectivity index is 2.43. The topological polar surface area (TPSA) is 105 Å². The highest BCUT2D eigenvalue weighted by atomic mass is 16.6. The number of unbranched alkanes of at least 4 members (excludes halogenated alkanes) is 4. The number of hydrazone groups is 1. The third-order valence-corrected chi connectivity index (χ3v) is 3.12. The van der Waals surface area contributed by atoms with Crippen molar-refractivity contribution in [3.8, 4) is 5.75 Å². The summed E-state index contributed by atoms with van der Waals surface area (Å²) in [6.45, 7) is 2.13. The monoisotopic (exact) mass is 307 g/mol. The van der Waals surface area contributed by atoms with Crippen molar-refractivity contribution in [1.82, 2.24) is 5.43 Å². The smallest absolute Gasteiger partial charge is 0.270 e. The summed E-state index contributed by atoms with van der Waals surface area (Å²) in [5.41, 5.74) is 2.37. The Labute approximate surface area is 129 Å². The van der Waals surface area contributed by atoms with Crippen LogP contribution in [0.2, 0.25) is 0 Å². The lowest BCUT2D eigenvalue weighted by molar-refractivity contribution is -0.384. The standard InChI is InChI=1S/C15H21N3O4/c1-2-3-4-5-6-7-15(20)17-16-11-12-10-13(18(21)22)8-9-14(12)19/h8-11,19H,2-7H2,1H3,(H,17,20). The molecule has 0 radical (unpaired) electrons. The molecular weight excluding hydrogens is 286 g/mol. The lowest BCUT2D eigenvalue weighted by atomic mass is 10.1. The average Bonchev–Trinajstić information content (AvgIpc) is 2.48. The average molecular weight is 307 g/mol. The zero-order chi connectivity index (χ0) is 16.4. The Kier molecular flexibility index (Phi) is 7.60. The van der Waals surface area contributed by atoms with Crippen LogP contribution in [-0.2, 0) is 4.79 Å². The Hall–Kier alpha value is -2.44. The lowest BCUT2D eigenvalue weighted by Crippen LogP contribution is -2.16. The van der Waals surface area contributed by atoms with Crippen molar-refractivity contribution in [3.63, 3.8) is 0 Å². The van der Waals surface area contributed by atoms with Gasteiger partial charge in [-0.15, -0.1) is 0 Å². The van der Waals surface area contributed by atoms with Crippen LogP contribution in [0.25, 0.3) is 0 Å². The van der Waals surface area contributed by atoms with Gasteiger partial charge in [-0.05, 0) is 12.5 Å². The zero-order valence-corrected chi connectivity index (χ0v) is 12.6. The number of nitrogens with zero attached hydrogens (tertiary/aromatic N) is 2.